The number of aliphatic imine (C=N–C) groups is 1. The van der Waals surface area contributed by atoms with E-state index in [1.54, 1.807) is 25.5 Å². The first-order valence-corrected chi connectivity index (χ1v) is 10.7. The second-order valence-corrected chi connectivity index (χ2v) is 8.10. The molecule has 9 nitrogen and oxygen atoms in total. The lowest BCUT2D eigenvalue weighted by molar-refractivity contribution is 0.252. The van der Waals surface area contributed by atoms with Crippen LogP contribution in [0.2, 0.25) is 0 Å². The second-order valence-electron chi connectivity index (χ2n) is 8.10. The summed E-state index contributed by atoms with van der Waals surface area (Å²) >= 11 is 0. The summed E-state index contributed by atoms with van der Waals surface area (Å²) < 4.78 is 0. The third kappa shape index (κ3) is 4.72. The van der Waals surface area contributed by atoms with E-state index in [1.165, 1.54) is 0 Å². The van der Waals surface area contributed by atoms with Gasteiger partial charge in [-0.2, -0.15) is 0 Å². The van der Waals surface area contributed by atoms with E-state index in [9.17, 15) is 4.79 Å². The Morgan fingerprint density at radius 3 is 2.61 bits per heavy atom. The van der Waals surface area contributed by atoms with E-state index >= 15 is 0 Å². The molecular formula is C24H26N8O. The number of pyridine rings is 1. The minimum absolute atomic E-state index is 0.261. The van der Waals surface area contributed by atoms with Crippen LogP contribution in [0.15, 0.2) is 53.9 Å². The third-order valence-electron chi connectivity index (χ3n) is 5.17. The van der Waals surface area contributed by atoms with E-state index in [4.69, 9.17) is 0 Å². The number of benzene rings is 1. The summed E-state index contributed by atoms with van der Waals surface area (Å²) in [5.41, 5.74) is 4.72. The number of urea groups is 1. The maximum absolute atomic E-state index is 12.0. The van der Waals surface area contributed by atoms with Crippen molar-refractivity contribution in [3.05, 3.63) is 54.6 Å². The molecule has 0 fully saturated rings. The summed E-state index contributed by atoms with van der Waals surface area (Å²) in [7, 11) is 1.76. The molecule has 0 atom stereocenters. The average molecular weight is 443 g/mol. The molecule has 33 heavy (non-hydrogen) atoms. The van der Waals surface area contributed by atoms with E-state index in [2.05, 4.69) is 54.4 Å². The summed E-state index contributed by atoms with van der Waals surface area (Å²) in [6.07, 6.45) is 7.12. The predicted molar refractivity (Wildman–Crippen MR) is 130 cm³/mol. The molecule has 0 aliphatic heterocycles. The van der Waals surface area contributed by atoms with Crippen molar-refractivity contribution < 1.29 is 4.79 Å². The molecule has 0 aliphatic rings. The largest absolute Gasteiger partial charge is 0.338 e. The number of hydrogen-bond acceptors (Lipinski definition) is 6. The quantitative estimate of drug-likeness (QED) is 0.386. The van der Waals surface area contributed by atoms with Crippen LogP contribution in [0.4, 0.5) is 10.7 Å². The number of carbonyl (C=O) groups excluding carboxylic acids is 1. The van der Waals surface area contributed by atoms with Crippen molar-refractivity contribution in [3.63, 3.8) is 0 Å². The molecule has 4 aromatic rings. The Labute approximate surface area is 191 Å². The highest BCUT2D eigenvalue weighted by Crippen LogP contribution is 2.32. The zero-order valence-corrected chi connectivity index (χ0v) is 19.0. The van der Waals surface area contributed by atoms with Gasteiger partial charge in [0.2, 0.25) is 5.95 Å². The van der Waals surface area contributed by atoms with Crippen LogP contribution in [-0.2, 0) is 5.41 Å². The summed E-state index contributed by atoms with van der Waals surface area (Å²) in [6.45, 7) is 6.52. The van der Waals surface area contributed by atoms with E-state index < -0.39 is 0 Å². The number of hydrogen-bond donors (Lipinski definition) is 3. The Bertz CT molecular complexity index is 1290. The SMILES string of the molecule is CCNC(=O)Nc1nc2c(-c3ncccn3)cc(-c3ccc(C(C)(C)C=NC)nc3)cc2[nH]1. The monoisotopic (exact) mass is 442 g/mol. The van der Waals surface area contributed by atoms with Gasteiger partial charge in [0, 0.05) is 54.9 Å². The molecule has 4 rings (SSSR count). The van der Waals surface area contributed by atoms with Crippen LogP contribution in [0.1, 0.15) is 26.5 Å². The van der Waals surface area contributed by atoms with Gasteiger partial charge in [0.1, 0.15) is 5.52 Å². The zero-order valence-electron chi connectivity index (χ0n) is 19.0. The summed E-state index contributed by atoms with van der Waals surface area (Å²) in [4.78, 5) is 37.4. The van der Waals surface area contributed by atoms with Crippen LogP contribution in [-0.4, -0.2) is 50.8 Å². The number of H-pyrrole nitrogens is 1. The molecule has 0 unspecified atom stereocenters. The van der Waals surface area contributed by atoms with Crippen LogP contribution in [0.3, 0.4) is 0 Å². The maximum atomic E-state index is 12.0. The lowest BCUT2D eigenvalue weighted by Gasteiger charge is -2.18. The Balaban J connectivity index is 1.80. The third-order valence-corrected chi connectivity index (χ3v) is 5.17. The molecule has 0 spiro atoms. The fraction of sp³-hybridized carbons (Fsp3) is 0.250. The fourth-order valence-electron chi connectivity index (χ4n) is 3.60. The Morgan fingerprint density at radius 2 is 1.94 bits per heavy atom. The second kappa shape index (κ2) is 9.15. The molecule has 2 amide bonds. The Hall–Kier alpha value is -4.14. The van der Waals surface area contributed by atoms with Gasteiger partial charge in [0.15, 0.2) is 5.82 Å². The van der Waals surface area contributed by atoms with Crippen LogP contribution >= 0.6 is 0 Å². The number of carbonyl (C=O) groups is 1. The highest BCUT2D eigenvalue weighted by Gasteiger charge is 2.20. The highest BCUT2D eigenvalue weighted by atomic mass is 16.2. The normalized spacial score (nSPS) is 11.8. The number of imidazole rings is 1. The molecule has 1 aromatic carbocycles. The fourth-order valence-corrected chi connectivity index (χ4v) is 3.60. The van der Waals surface area contributed by atoms with Crippen LogP contribution in [0.5, 0.6) is 0 Å². The first-order chi connectivity index (χ1) is 15.9. The standard InChI is InChI=1S/C24H26N8O/c1-5-26-23(33)32-22-30-18-12-16(11-17(20(18)31-22)21-27-9-6-10-28-21)15-7-8-19(29-13-15)24(2,3)14-25-4/h6-14H,5H2,1-4H3,(H3,26,30,31,32,33). The van der Waals surface area contributed by atoms with Crippen molar-refractivity contribution in [2.75, 3.05) is 18.9 Å². The Morgan fingerprint density at radius 1 is 1.15 bits per heavy atom. The molecule has 0 aliphatic carbocycles. The van der Waals surface area contributed by atoms with Gasteiger partial charge < -0.3 is 10.3 Å². The van der Waals surface area contributed by atoms with E-state index in [0.717, 1.165) is 27.9 Å². The molecule has 0 bridgehead atoms. The zero-order chi connectivity index (χ0) is 23.4. The van der Waals surface area contributed by atoms with Crippen LogP contribution in [0.25, 0.3) is 33.5 Å². The molecule has 0 radical (unpaired) electrons. The topological polar surface area (TPSA) is 121 Å². The molecule has 3 aromatic heterocycles. The molecule has 3 N–H and O–H groups in total. The number of nitrogens with one attached hydrogen (secondary N) is 3. The van der Waals surface area contributed by atoms with Gasteiger partial charge in [0.05, 0.1) is 11.2 Å². The van der Waals surface area contributed by atoms with Crippen LogP contribution in [0, 0.1) is 0 Å². The first-order valence-electron chi connectivity index (χ1n) is 10.7. The van der Waals surface area contributed by atoms with Crippen LogP contribution < -0.4 is 10.6 Å². The number of fused-ring (bicyclic) bond motifs is 1. The van der Waals surface area contributed by atoms with Gasteiger partial charge in [-0.1, -0.05) is 6.07 Å². The molecule has 0 saturated carbocycles. The van der Waals surface area contributed by atoms with Gasteiger partial charge in [-0.3, -0.25) is 15.3 Å². The van der Waals surface area contributed by atoms with Crippen molar-refractivity contribution in [2.24, 2.45) is 4.99 Å². The number of nitrogens with zero attached hydrogens (tertiary/aromatic N) is 5. The van der Waals surface area contributed by atoms with Gasteiger partial charge in [0.25, 0.3) is 0 Å². The number of anilines is 1. The minimum Gasteiger partial charge on any atom is -0.338 e. The smallest absolute Gasteiger partial charge is 0.321 e. The van der Waals surface area contributed by atoms with E-state index in [0.29, 0.717) is 23.8 Å². The van der Waals surface area contributed by atoms with E-state index in [1.807, 2.05) is 43.6 Å². The molecule has 9 heteroatoms. The summed E-state index contributed by atoms with van der Waals surface area (Å²) in [6, 6.07) is 9.45. The number of aromatic amines is 1. The van der Waals surface area contributed by atoms with Gasteiger partial charge in [-0.05, 0) is 50.6 Å². The lowest BCUT2D eigenvalue weighted by Crippen LogP contribution is -2.28. The van der Waals surface area contributed by atoms with Crippen molar-refractivity contribution >= 4 is 29.2 Å². The predicted octanol–water partition coefficient (Wildman–Crippen LogP) is 4.20. The minimum atomic E-state index is -0.327. The van der Waals surface area contributed by atoms with Gasteiger partial charge in [-0.25, -0.2) is 19.7 Å². The molecule has 3 heterocycles. The first kappa shape index (κ1) is 22.1. The summed E-state index contributed by atoms with van der Waals surface area (Å²) in [5, 5.41) is 5.42. The van der Waals surface area contributed by atoms with E-state index in [-0.39, 0.29) is 11.4 Å². The number of rotatable bonds is 6. The average Bonchev–Trinajstić information content (AvgIpc) is 3.21. The maximum Gasteiger partial charge on any atom is 0.321 e. The summed E-state index contributed by atoms with van der Waals surface area (Å²) in [5.74, 6) is 0.893. The lowest BCUT2D eigenvalue weighted by atomic mass is 9.89. The molecule has 0 saturated heterocycles. The van der Waals surface area contributed by atoms with Crippen molar-refractivity contribution in [3.8, 4) is 22.5 Å². The Kier molecular flexibility index (Phi) is 6.12. The number of aromatic nitrogens is 5. The van der Waals surface area contributed by atoms with Gasteiger partial charge >= 0.3 is 6.03 Å². The van der Waals surface area contributed by atoms with Gasteiger partial charge in [-0.15, -0.1) is 0 Å². The molecule has 168 valence electrons. The van der Waals surface area contributed by atoms with Crippen molar-refractivity contribution in [2.45, 2.75) is 26.2 Å². The van der Waals surface area contributed by atoms with Crippen molar-refractivity contribution in [1.29, 1.82) is 0 Å². The highest BCUT2D eigenvalue weighted by molar-refractivity contribution is 5.97. The number of amides is 2. The molecular weight excluding hydrogens is 416 g/mol. The van der Waals surface area contributed by atoms with Crippen molar-refractivity contribution in [1.82, 2.24) is 30.2 Å².